The number of thioether (sulfide) groups is 1. The number of urea groups is 1. The van der Waals surface area contributed by atoms with Gasteiger partial charge in [0.15, 0.2) is 0 Å². The largest absolute Gasteiger partial charge is 0.377 e. The number of rotatable bonds is 5. The van der Waals surface area contributed by atoms with Gasteiger partial charge in [0.2, 0.25) is 0 Å². The maximum absolute atomic E-state index is 12.4. The first kappa shape index (κ1) is 18.2. The number of nitrogens with one attached hydrogen (secondary N) is 1. The Morgan fingerprint density at radius 2 is 1.75 bits per heavy atom. The van der Waals surface area contributed by atoms with Crippen LogP contribution in [0.1, 0.15) is 11.1 Å². The van der Waals surface area contributed by atoms with Crippen LogP contribution in [0.3, 0.4) is 0 Å². The van der Waals surface area contributed by atoms with Crippen molar-refractivity contribution >= 4 is 29.2 Å². The highest BCUT2D eigenvalue weighted by molar-refractivity contribution is 7.98. The van der Waals surface area contributed by atoms with Gasteiger partial charge < -0.3 is 15.1 Å². The molecular weight excluding hydrogens is 318 g/mol. The van der Waals surface area contributed by atoms with Crippen LogP contribution in [0, 0.1) is 6.92 Å². The predicted molar refractivity (Wildman–Crippen MR) is 104 cm³/mol. The SMILES string of the molecule is CSc1ccc(CN(C)C(=O)Nc2ccc(N(C)C)c(C)c2)cc1. The smallest absolute Gasteiger partial charge is 0.321 e. The van der Waals surface area contributed by atoms with Gasteiger partial charge in [-0.15, -0.1) is 11.8 Å². The number of carbonyl (C=O) groups excluding carboxylic acids is 1. The quantitative estimate of drug-likeness (QED) is 0.815. The zero-order chi connectivity index (χ0) is 17.7. The van der Waals surface area contributed by atoms with E-state index in [1.54, 1.807) is 23.7 Å². The van der Waals surface area contributed by atoms with Crippen molar-refractivity contribution in [2.45, 2.75) is 18.4 Å². The average molecular weight is 343 g/mol. The van der Waals surface area contributed by atoms with Crippen LogP contribution >= 0.6 is 11.8 Å². The molecule has 0 saturated heterocycles. The highest BCUT2D eigenvalue weighted by atomic mass is 32.2. The van der Waals surface area contributed by atoms with Crippen LogP contribution in [0.4, 0.5) is 16.2 Å². The fourth-order valence-corrected chi connectivity index (χ4v) is 2.94. The molecule has 0 aliphatic heterocycles. The van der Waals surface area contributed by atoms with Crippen LogP contribution in [-0.4, -0.2) is 38.3 Å². The molecule has 128 valence electrons. The molecule has 5 heteroatoms. The van der Waals surface area contributed by atoms with Gasteiger partial charge in [-0.1, -0.05) is 12.1 Å². The van der Waals surface area contributed by atoms with Gasteiger partial charge in [-0.3, -0.25) is 0 Å². The molecule has 0 saturated carbocycles. The summed E-state index contributed by atoms with van der Waals surface area (Å²) in [6.07, 6.45) is 2.05. The highest BCUT2D eigenvalue weighted by Crippen LogP contribution is 2.22. The average Bonchev–Trinajstić information content (AvgIpc) is 2.55. The third-order valence-corrected chi connectivity index (χ3v) is 4.60. The van der Waals surface area contributed by atoms with E-state index >= 15 is 0 Å². The predicted octanol–water partition coefficient (Wildman–Crippen LogP) is 4.45. The Morgan fingerprint density at radius 1 is 1.08 bits per heavy atom. The van der Waals surface area contributed by atoms with Gasteiger partial charge in [0.25, 0.3) is 0 Å². The molecule has 4 nitrogen and oxygen atoms in total. The zero-order valence-corrected chi connectivity index (χ0v) is 15.8. The summed E-state index contributed by atoms with van der Waals surface area (Å²) in [5, 5.41) is 2.96. The second kappa shape index (κ2) is 8.11. The van der Waals surface area contributed by atoms with E-state index < -0.39 is 0 Å². The van der Waals surface area contributed by atoms with E-state index in [2.05, 4.69) is 40.7 Å². The van der Waals surface area contributed by atoms with Crippen molar-refractivity contribution in [3.8, 4) is 0 Å². The number of hydrogen-bond acceptors (Lipinski definition) is 3. The molecule has 0 spiro atoms. The molecule has 0 radical (unpaired) electrons. The molecule has 0 atom stereocenters. The van der Waals surface area contributed by atoms with Crippen molar-refractivity contribution in [1.82, 2.24) is 4.90 Å². The highest BCUT2D eigenvalue weighted by Gasteiger charge is 2.10. The van der Waals surface area contributed by atoms with Crippen molar-refractivity contribution in [1.29, 1.82) is 0 Å². The zero-order valence-electron chi connectivity index (χ0n) is 15.0. The molecule has 0 aliphatic rings. The first-order valence-corrected chi connectivity index (χ1v) is 9.06. The van der Waals surface area contributed by atoms with E-state index in [1.165, 1.54) is 4.90 Å². The van der Waals surface area contributed by atoms with Gasteiger partial charge in [0, 0.05) is 44.0 Å². The van der Waals surface area contributed by atoms with Crippen LogP contribution in [0.5, 0.6) is 0 Å². The van der Waals surface area contributed by atoms with E-state index in [0.29, 0.717) is 6.54 Å². The van der Waals surface area contributed by atoms with Crippen LogP contribution in [-0.2, 0) is 6.54 Å². The third kappa shape index (κ3) is 4.68. The summed E-state index contributed by atoms with van der Waals surface area (Å²) in [5.41, 5.74) is 4.21. The van der Waals surface area contributed by atoms with Crippen LogP contribution in [0.2, 0.25) is 0 Å². The van der Waals surface area contributed by atoms with Gasteiger partial charge in [-0.2, -0.15) is 0 Å². The Kier molecular flexibility index (Phi) is 6.15. The summed E-state index contributed by atoms with van der Waals surface area (Å²) >= 11 is 1.71. The maximum Gasteiger partial charge on any atom is 0.321 e. The van der Waals surface area contributed by atoms with Gasteiger partial charge in [0.1, 0.15) is 0 Å². The molecule has 1 N–H and O–H groups in total. The van der Waals surface area contributed by atoms with E-state index in [0.717, 1.165) is 22.5 Å². The standard InChI is InChI=1S/C19H25N3OS/c1-14-12-16(8-11-18(14)21(2)3)20-19(23)22(4)13-15-6-9-17(24-5)10-7-15/h6-12H,13H2,1-5H3,(H,20,23). The summed E-state index contributed by atoms with van der Waals surface area (Å²) < 4.78 is 0. The second-order valence-corrected chi connectivity index (χ2v) is 6.91. The lowest BCUT2D eigenvalue weighted by atomic mass is 10.1. The van der Waals surface area contributed by atoms with E-state index in [-0.39, 0.29) is 6.03 Å². The van der Waals surface area contributed by atoms with Crippen molar-refractivity contribution in [2.75, 3.05) is 37.6 Å². The topological polar surface area (TPSA) is 35.6 Å². The van der Waals surface area contributed by atoms with Crippen LogP contribution in [0.25, 0.3) is 0 Å². The molecular formula is C19H25N3OS. The monoisotopic (exact) mass is 343 g/mol. The summed E-state index contributed by atoms with van der Waals surface area (Å²) in [6.45, 7) is 2.62. The lowest BCUT2D eigenvalue weighted by Crippen LogP contribution is -2.30. The van der Waals surface area contributed by atoms with Gasteiger partial charge in [-0.25, -0.2) is 4.79 Å². The fourth-order valence-electron chi connectivity index (χ4n) is 2.53. The molecule has 0 aromatic heterocycles. The Bertz CT molecular complexity index is 698. The lowest BCUT2D eigenvalue weighted by Gasteiger charge is -2.20. The summed E-state index contributed by atoms with van der Waals surface area (Å²) in [7, 11) is 5.83. The molecule has 2 rings (SSSR count). The minimum atomic E-state index is -0.110. The number of hydrogen-bond donors (Lipinski definition) is 1. The van der Waals surface area contributed by atoms with Gasteiger partial charge in [0.05, 0.1) is 0 Å². The molecule has 2 amide bonds. The minimum Gasteiger partial charge on any atom is -0.377 e. The first-order valence-electron chi connectivity index (χ1n) is 7.83. The molecule has 0 fully saturated rings. The van der Waals surface area contributed by atoms with Crippen molar-refractivity contribution in [3.63, 3.8) is 0 Å². The number of aryl methyl sites for hydroxylation is 1. The van der Waals surface area contributed by atoms with E-state index in [1.807, 2.05) is 39.2 Å². The third-order valence-electron chi connectivity index (χ3n) is 3.86. The van der Waals surface area contributed by atoms with Crippen LogP contribution < -0.4 is 10.2 Å². The normalized spacial score (nSPS) is 10.4. The summed E-state index contributed by atoms with van der Waals surface area (Å²) in [5.74, 6) is 0. The molecule has 2 aromatic carbocycles. The fraction of sp³-hybridized carbons (Fsp3) is 0.316. The van der Waals surface area contributed by atoms with Crippen LogP contribution in [0.15, 0.2) is 47.4 Å². The van der Waals surface area contributed by atoms with Gasteiger partial charge >= 0.3 is 6.03 Å². The number of nitrogens with zero attached hydrogens (tertiary/aromatic N) is 2. The van der Waals surface area contributed by atoms with E-state index in [9.17, 15) is 4.79 Å². The molecule has 0 bridgehead atoms. The molecule has 0 aliphatic carbocycles. The number of carbonyl (C=O) groups is 1. The Balaban J connectivity index is 1.99. The second-order valence-electron chi connectivity index (χ2n) is 6.03. The van der Waals surface area contributed by atoms with Crippen molar-refractivity contribution in [3.05, 3.63) is 53.6 Å². The van der Waals surface area contributed by atoms with Crippen molar-refractivity contribution < 1.29 is 4.79 Å². The minimum absolute atomic E-state index is 0.110. The van der Waals surface area contributed by atoms with Gasteiger partial charge in [-0.05, 0) is 54.6 Å². The first-order chi connectivity index (χ1) is 11.4. The maximum atomic E-state index is 12.4. The molecule has 0 unspecified atom stereocenters. The molecule has 0 heterocycles. The number of anilines is 2. The number of amides is 2. The molecule has 2 aromatic rings. The molecule has 24 heavy (non-hydrogen) atoms. The summed E-state index contributed by atoms with van der Waals surface area (Å²) in [6, 6.07) is 14.1. The Labute approximate surface area is 148 Å². The summed E-state index contributed by atoms with van der Waals surface area (Å²) in [4.78, 5) is 17.3. The number of benzene rings is 2. The van der Waals surface area contributed by atoms with Crippen molar-refractivity contribution in [2.24, 2.45) is 0 Å². The van der Waals surface area contributed by atoms with E-state index in [4.69, 9.17) is 0 Å². The Morgan fingerprint density at radius 3 is 2.29 bits per heavy atom. The Hall–Kier alpha value is -2.14. The lowest BCUT2D eigenvalue weighted by molar-refractivity contribution is 0.220.